The summed E-state index contributed by atoms with van der Waals surface area (Å²) in [6, 6.07) is 3.28. The minimum Gasteiger partial charge on any atom is -0.343 e. The van der Waals surface area contributed by atoms with Crippen LogP contribution >= 0.6 is 27.5 Å². The van der Waals surface area contributed by atoms with Gasteiger partial charge in [-0.1, -0.05) is 11.6 Å². The van der Waals surface area contributed by atoms with Crippen molar-refractivity contribution in [3.05, 3.63) is 27.2 Å². The van der Waals surface area contributed by atoms with Gasteiger partial charge in [-0.2, -0.15) is 0 Å². The summed E-state index contributed by atoms with van der Waals surface area (Å²) in [5.41, 5.74) is 0.708. The van der Waals surface area contributed by atoms with Crippen LogP contribution in [0.15, 0.2) is 16.6 Å². The van der Waals surface area contributed by atoms with Gasteiger partial charge in [-0.3, -0.25) is 9.59 Å². The molecule has 0 saturated carbocycles. The molecule has 1 aromatic rings. The molecule has 1 heterocycles. The minimum absolute atomic E-state index is 0.0454. The van der Waals surface area contributed by atoms with Crippen molar-refractivity contribution in [1.29, 1.82) is 0 Å². The smallest absolute Gasteiger partial charge is 0.255 e. The van der Waals surface area contributed by atoms with E-state index in [4.69, 9.17) is 11.6 Å². The van der Waals surface area contributed by atoms with Crippen molar-refractivity contribution < 1.29 is 9.59 Å². The van der Waals surface area contributed by atoms with Gasteiger partial charge < -0.3 is 10.6 Å². The molecule has 0 saturated heterocycles. The molecule has 0 fully saturated rings. The monoisotopic (exact) mass is 288 g/mol. The van der Waals surface area contributed by atoms with Crippen LogP contribution in [0.1, 0.15) is 10.4 Å². The molecule has 0 aliphatic carbocycles. The number of carbonyl (C=O) groups excluding carboxylic acids is 2. The maximum Gasteiger partial charge on any atom is 0.255 e. The Morgan fingerprint density at radius 3 is 2.80 bits per heavy atom. The third-order valence-corrected chi connectivity index (χ3v) is 2.98. The lowest BCUT2D eigenvalue weighted by Gasteiger charge is -2.08. The Hall–Kier alpha value is -1.07. The van der Waals surface area contributed by atoms with Crippen molar-refractivity contribution >= 4 is 45.0 Å². The van der Waals surface area contributed by atoms with Crippen LogP contribution in [-0.2, 0) is 4.79 Å². The maximum atomic E-state index is 11.6. The minimum atomic E-state index is -0.322. The van der Waals surface area contributed by atoms with E-state index < -0.39 is 0 Å². The summed E-state index contributed by atoms with van der Waals surface area (Å²) in [5, 5.41) is 5.40. The molecule has 1 aliphatic rings. The van der Waals surface area contributed by atoms with E-state index in [2.05, 4.69) is 26.6 Å². The second kappa shape index (κ2) is 3.83. The molecular weight excluding hydrogens is 283 g/mol. The van der Waals surface area contributed by atoms with E-state index in [0.717, 1.165) is 0 Å². The first-order valence-corrected chi connectivity index (χ1v) is 5.32. The molecule has 0 unspecified atom stereocenters. The summed E-state index contributed by atoms with van der Waals surface area (Å²) in [4.78, 5) is 22.9. The van der Waals surface area contributed by atoms with Crippen LogP contribution < -0.4 is 10.6 Å². The summed E-state index contributed by atoms with van der Waals surface area (Å²) >= 11 is 9.14. The Morgan fingerprint density at radius 2 is 2.07 bits per heavy atom. The molecule has 6 heteroatoms. The van der Waals surface area contributed by atoms with Gasteiger partial charge in [-0.15, -0.1) is 0 Å². The highest BCUT2D eigenvalue weighted by Gasteiger charge is 2.23. The van der Waals surface area contributed by atoms with Crippen LogP contribution in [-0.4, -0.2) is 18.4 Å². The number of hydrogen-bond acceptors (Lipinski definition) is 2. The van der Waals surface area contributed by atoms with Gasteiger partial charge in [-0.25, -0.2) is 0 Å². The first kappa shape index (κ1) is 10.4. The van der Waals surface area contributed by atoms with Crippen molar-refractivity contribution in [2.75, 3.05) is 11.9 Å². The predicted molar refractivity (Wildman–Crippen MR) is 60.1 cm³/mol. The average molecular weight is 290 g/mol. The molecule has 1 aromatic carbocycles. The molecule has 0 radical (unpaired) electrons. The zero-order chi connectivity index (χ0) is 11.0. The largest absolute Gasteiger partial charge is 0.343 e. The van der Waals surface area contributed by atoms with Crippen molar-refractivity contribution in [1.82, 2.24) is 5.32 Å². The molecule has 0 bridgehead atoms. The van der Waals surface area contributed by atoms with Crippen molar-refractivity contribution in [3.8, 4) is 0 Å². The van der Waals surface area contributed by atoms with Gasteiger partial charge in [0.1, 0.15) is 0 Å². The van der Waals surface area contributed by atoms with Gasteiger partial charge in [0.2, 0.25) is 5.91 Å². The van der Waals surface area contributed by atoms with E-state index in [1.54, 1.807) is 12.1 Å². The SMILES string of the molecule is O=C1CNC(=O)c2c(Br)ccc(Cl)c2N1. The fourth-order valence-electron chi connectivity index (χ4n) is 1.33. The number of anilines is 1. The Balaban J connectivity index is 2.66. The van der Waals surface area contributed by atoms with Crippen molar-refractivity contribution in [2.24, 2.45) is 0 Å². The highest BCUT2D eigenvalue weighted by molar-refractivity contribution is 9.10. The lowest BCUT2D eigenvalue weighted by Crippen LogP contribution is -2.28. The van der Waals surface area contributed by atoms with Crippen LogP contribution in [0.2, 0.25) is 5.02 Å². The van der Waals surface area contributed by atoms with Crippen LogP contribution in [0, 0.1) is 0 Å². The fourth-order valence-corrected chi connectivity index (χ4v) is 2.04. The number of rotatable bonds is 0. The average Bonchev–Trinajstić information content (AvgIpc) is 2.34. The second-order valence-corrected chi connectivity index (χ2v) is 4.27. The fraction of sp³-hybridized carbons (Fsp3) is 0.111. The highest BCUT2D eigenvalue weighted by Crippen LogP contribution is 2.32. The van der Waals surface area contributed by atoms with E-state index in [1.807, 2.05) is 0 Å². The Kier molecular flexibility index (Phi) is 2.67. The molecule has 2 rings (SSSR count). The lowest BCUT2D eigenvalue weighted by molar-refractivity contribution is -0.115. The summed E-state index contributed by atoms with van der Waals surface area (Å²) in [5.74, 6) is -0.611. The van der Waals surface area contributed by atoms with Crippen LogP contribution in [0.4, 0.5) is 5.69 Å². The van der Waals surface area contributed by atoms with E-state index in [9.17, 15) is 9.59 Å². The Bertz CT molecular complexity index is 462. The Morgan fingerprint density at radius 1 is 1.33 bits per heavy atom. The number of carbonyl (C=O) groups is 2. The summed E-state index contributed by atoms with van der Waals surface area (Å²) in [6.45, 7) is -0.0454. The molecule has 15 heavy (non-hydrogen) atoms. The summed E-state index contributed by atoms with van der Waals surface area (Å²) < 4.78 is 0.599. The summed E-state index contributed by atoms with van der Waals surface area (Å²) in [6.07, 6.45) is 0. The van der Waals surface area contributed by atoms with E-state index in [1.165, 1.54) is 0 Å². The lowest BCUT2D eigenvalue weighted by atomic mass is 10.1. The zero-order valence-corrected chi connectivity index (χ0v) is 9.78. The maximum absolute atomic E-state index is 11.6. The zero-order valence-electron chi connectivity index (χ0n) is 7.43. The van der Waals surface area contributed by atoms with Crippen molar-refractivity contribution in [2.45, 2.75) is 0 Å². The first-order chi connectivity index (χ1) is 7.09. The molecular formula is C9H6BrClN2O2. The number of hydrogen-bond donors (Lipinski definition) is 2. The first-order valence-electron chi connectivity index (χ1n) is 4.15. The number of amides is 2. The third-order valence-electron chi connectivity index (χ3n) is 2.00. The van der Waals surface area contributed by atoms with Crippen LogP contribution in [0.25, 0.3) is 0 Å². The molecule has 78 valence electrons. The van der Waals surface area contributed by atoms with Gasteiger partial charge in [-0.05, 0) is 28.1 Å². The van der Waals surface area contributed by atoms with E-state index >= 15 is 0 Å². The third kappa shape index (κ3) is 1.85. The standard InChI is InChI=1S/C9H6BrClN2O2/c10-4-1-2-5(11)8-7(4)9(15)12-3-6(14)13-8/h1-2H,3H2,(H,12,15)(H,13,14). The predicted octanol–water partition coefficient (Wildman–Crippen LogP) is 1.78. The quantitative estimate of drug-likeness (QED) is 0.765. The topological polar surface area (TPSA) is 58.2 Å². The molecule has 2 amide bonds. The van der Waals surface area contributed by atoms with E-state index in [0.29, 0.717) is 20.7 Å². The van der Waals surface area contributed by atoms with Gasteiger partial charge >= 0.3 is 0 Å². The number of fused-ring (bicyclic) bond motifs is 1. The van der Waals surface area contributed by atoms with Crippen LogP contribution in [0.5, 0.6) is 0 Å². The molecule has 2 N–H and O–H groups in total. The van der Waals surface area contributed by atoms with Gasteiger partial charge in [0.05, 0.1) is 22.8 Å². The second-order valence-electron chi connectivity index (χ2n) is 3.01. The van der Waals surface area contributed by atoms with Gasteiger partial charge in [0, 0.05) is 4.47 Å². The number of benzene rings is 1. The molecule has 1 aliphatic heterocycles. The van der Waals surface area contributed by atoms with Crippen molar-refractivity contribution in [3.63, 3.8) is 0 Å². The summed E-state index contributed by atoms with van der Waals surface area (Å²) in [7, 11) is 0. The normalized spacial score (nSPS) is 15.1. The molecule has 0 spiro atoms. The molecule has 0 atom stereocenters. The number of halogens is 2. The molecule has 0 aromatic heterocycles. The van der Waals surface area contributed by atoms with E-state index in [-0.39, 0.29) is 18.4 Å². The highest BCUT2D eigenvalue weighted by atomic mass is 79.9. The number of nitrogens with one attached hydrogen (secondary N) is 2. The van der Waals surface area contributed by atoms with Gasteiger partial charge in [0.15, 0.2) is 0 Å². The van der Waals surface area contributed by atoms with Crippen LogP contribution in [0.3, 0.4) is 0 Å². The van der Waals surface area contributed by atoms with Gasteiger partial charge in [0.25, 0.3) is 5.91 Å². The molecule has 4 nitrogen and oxygen atoms in total. The Labute approximate surface area is 99.1 Å².